The van der Waals surface area contributed by atoms with Crippen molar-refractivity contribution in [1.29, 1.82) is 0 Å². The van der Waals surface area contributed by atoms with Gasteiger partial charge in [0, 0.05) is 23.4 Å². The fourth-order valence-electron chi connectivity index (χ4n) is 1.96. The number of hydrogen-bond acceptors (Lipinski definition) is 4. The van der Waals surface area contributed by atoms with Crippen molar-refractivity contribution >= 4 is 34.0 Å². The van der Waals surface area contributed by atoms with Crippen LogP contribution in [0.1, 0.15) is 0 Å². The van der Waals surface area contributed by atoms with Gasteiger partial charge in [-0.05, 0) is 24.3 Å². The summed E-state index contributed by atoms with van der Waals surface area (Å²) < 4.78 is 0. The predicted molar refractivity (Wildman–Crippen MR) is 77.6 cm³/mol. The summed E-state index contributed by atoms with van der Waals surface area (Å²) in [7, 11) is 0. The van der Waals surface area contributed by atoms with Gasteiger partial charge < -0.3 is 10.7 Å². The predicted octanol–water partition coefficient (Wildman–Crippen LogP) is 3.37. The van der Waals surface area contributed by atoms with Crippen molar-refractivity contribution in [2.75, 3.05) is 5.73 Å². The van der Waals surface area contributed by atoms with Gasteiger partial charge in [0.05, 0.1) is 21.0 Å². The molecule has 0 aliphatic rings. The number of aromatic amines is 1. The smallest absolute Gasteiger partial charge is 0.271 e. The van der Waals surface area contributed by atoms with Gasteiger partial charge in [-0.25, -0.2) is 4.98 Å². The molecule has 0 radical (unpaired) electrons. The molecule has 1 aromatic heterocycles. The van der Waals surface area contributed by atoms with Crippen molar-refractivity contribution in [3.8, 4) is 11.4 Å². The quantitative estimate of drug-likeness (QED) is 0.429. The summed E-state index contributed by atoms with van der Waals surface area (Å²) in [6, 6.07) is 9.56. The molecule has 0 unspecified atom stereocenters. The van der Waals surface area contributed by atoms with E-state index in [1.165, 1.54) is 12.1 Å². The molecule has 0 bridgehead atoms. The van der Waals surface area contributed by atoms with Crippen LogP contribution in [0, 0.1) is 10.1 Å². The lowest BCUT2D eigenvalue weighted by atomic mass is 10.2. The first kappa shape index (κ1) is 12.4. The maximum atomic E-state index is 10.7. The Kier molecular flexibility index (Phi) is 2.80. The van der Waals surface area contributed by atoms with E-state index in [-0.39, 0.29) is 5.69 Å². The van der Waals surface area contributed by atoms with Crippen molar-refractivity contribution in [2.24, 2.45) is 0 Å². The third kappa shape index (κ3) is 2.06. The summed E-state index contributed by atoms with van der Waals surface area (Å²) in [6.45, 7) is 0. The molecule has 1 heterocycles. The highest BCUT2D eigenvalue weighted by molar-refractivity contribution is 6.33. The lowest BCUT2D eigenvalue weighted by Gasteiger charge is -2.01. The minimum Gasteiger partial charge on any atom is -0.399 e. The molecule has 6 nitrogen and oxygen atoms in total. The van der Waals surface area contributed by atoms with E-state index in [2.05, 4.69) is 9.97 Å². The van der Waals surface area contributed by atoms with Gasteiger partial charge in [0.1, 0.15) is 5.82 Å². The number of nitrogen functional groups attached to an aromatic ring is 1. The van der Waals surface area contributed by atoms with Crippen molar-refractivity contribution in [1.82, 2.24) is 9.97 Å². The minimum atomic E-state index is -0.448. The summed E-state index contributed by atoms with van der Waals surface area (Å²) in [4.78, 5) is 17.7. The molecule has 0 saturated heterocycles. The highest BCUT2D eigenvalue weighted by Gasteiger charge is 2.12. The first-order valence-electron chi connectivity index (χ1n) is 5.74. The number of rotatable bonds is 2. The van der Waals surface area contributed by atoms with Gasteiger partial charge in [-0.3, -0.25) is 10.1 Å². The van der Waals surface area contributed by atoms with Crippen LogP contribution in [0.3, 0.4) is 0 Å². The Hall–Kier alpha value is -2.60. The summed E-state index contributed by atoms with van der Waals surface area (Å²) in [5.74, 6) is 0.547. The highest BCUT2D eigenvalue weighted by Crippen LogP contribution is 2.30. The van der Waals surface area contributed by atoms with Crippen LogP contribution in [-0.4, -0.2) is 14.9 Å². The van der Waals surface area contributed by atoms with E-state index in [0.29, 0.717) is 33.1 Å². The van der Waals surface area contributed by atoms with Crippen LogP contribution in [0.25, 0.3) is 22.4 Å². The van der Waals surface area contributed by atoms with Crippen molar-refractivity contribution in [3.63, 3.8) is 0 Å². The molecule has 0 atom stereocenters. The van der Waals surface area contributed by atoms with Gasteiger partial charge in [0.15, 0.2) is 0 Å². The number of imidazole rings is 1. The topological polar surface area (TPSA) is 97.8 Å². The number of nitrogens with zero attached hydrogens (tertiary/aromatic N) is 2. The summed E-state index contributed by atoms with van der Waals surface area (Å²) >= 11 is 6.13. The van der Waals surface area contributed by atoms with Gasteiger partial charge in [0.25, 0.3) is 5.69 Å². The Labute approximate surface area is 118 Å². The van der Waals surface area contributed by atoms with Crippen LogP contribution >= 0.6 is 11.6 Å². The molecule has 3 N–H and O–H groups in total. The second-order valence-corrected chi connectivity index (χ2v) is 4.69. The van der Waals surface area contributed by atoms with Crippen LogP contribution in [0.4, 0.5) is 11.4 Å². The van der Waals surface area contributed by atoms with Crippen LogP contribution in [0.15, 0.2) is 36.4 Å². The lowest BCUT2D eigenvalue weighted by Crippen LogP contribution is -1.87. The molecular weight excluding hydrogens is 280 g/mol. The van der Waals surface area contributed by atoms with E-state index in [1.807, 2.05) is 0 Å². The number of benzene rings is 2. The number of hydrogen-bond donors (Lipinski definition) is 2. The Morgan fingerprint density at radius 3 is 2.75 bits per heavy atom. The average Bonchev–Trinajstić information content (AvgIpc) is 2.80. The zero-order valence-electron chi connectivity index (χ0n) is 10.1. The Morgan fingerprint density at radius 1 is 1.25 bits per heavy atom. The first-order chi connectivity index (χ1) is 9.54. The van der Waals surface area contributed by atoms with Gasteiger partial charge in [-0.2, -0.15) is 0 Å². The molecule has 0 amide bonds. The van der Waals surface area contributed by atoms with E-state index < -0.39 is 4.92 Å². The van der Waals surface area contributed by atoms with E-state index in [1.54, 1.807) is 24.3 Å². The maximum Gasteiger partial charge on any atom is 0.271 e. The summed E-state index contributed by atoms with van der Waals surface area (Å²) in [5.41, 5.74) is 8.13. The number of anilines is 1. The third-order valence-corrected chi connectivity index (χ3v) is 3.24. The largest absolute Gasteiger partial charge is 0.399 e. The normalized spacial score (nSPS) is 10.8. The summed E-state index contributed by atoms with van der Waals surface area (Å²) in [6.07, 6.45) is 0. The molecule has 100 valence electrons. The zero-order chi connectivity index (χ0) is 14.3. The molecule has 7 heteroatoms. The number of H-pyrrole nitrogens is 1. The van der Waals surface area contributed by atoms with E-state index in [4.69, 9.17) is 17.3 Å². The van der Waals surface area contributed by atoms with Crippen molar-refractivity contribution in [3.05, 3.63) is 51.5 Å². The van der Waals surface area contributed by atoms with E-state index in [9.17, 15) is 10.1 Å². The van der Waals surface area contributed by atoms with Gasteiger partial charge in [-0.15, -0.1) is 0 Å². The number of halogens is 1. The van der Waals surface area contributed by atoms with Crippen LogP contribution < -0.4 is 5.73 Å². The van der Waals surface area contributed by atoms with Crippen molar-refractivity contribution < 1.29 is 4.92 Å². The number of aromatic nitrogens is 2. The number of nitrogens with one attached hydrogen (secondary N) is 1. The molecule has 2 aromatic carbocycles. The second-order valence-electron chi connectivity index (χ2n) is 4.28. The fourth-order valence-corrected chi connectivity index (χ4v) is 2.24. The molecule has 20 heavy (non-hydrogen) atoms. The van der Waals surface area contributed by atoms with Crippen LogP contribution in [-0.2, 0) is 0 Å². The van der Waals surface area contributed by atoms with E-state index >= 15 is 0 Å². The van der Waals surface area contributed by atoms with Crippen LogP contribution in [0.2, 0.25) is 5.02 Å². The number of nitro groups is 1. The maximum absolute atomic E-state index is 10.7. The monoisotopic (exact) mass is 288 g/mol. The SMILES string of the molecule is Nc1ccc(-c2nc3ccc([N+](=O)[O-])cc3[nH]2)c(Cl)c1. The minimum absolute atomic E-state index is 0.0103. The third-order valence-electron chi connectivity index (χ3n) is 2.92. The molecule has 0 aliphatic heterocycles. The first-order valence-corrected chi connectivity index (χ1v) is 6.12. The number of nitrogens with two attached hydrogens (primary N) is 1. The van der Waals surface area contributed by atoms with Crippen LogP contribution in [0.5, 0.6) is 0 Å². The lowest BCUT2D eigenvalue weighted by molar-refractivity contribution is -0.384. The highest BCUT2D eigenvalue weighted by atomic mass is 35.5. The molecule has 0 saturated carbocycles. The Bertz CT molecular complexity index is 828. The number of nitro benzene ring substituents is 1. The number of fused-ring (bicyclic) bond motifs is 1. The van der Waals surface area contributed by atoms with Gasteiger partial charge in [-0.1, -0.05) is 11.6 Å². The van der Waals surface area contributed by atoms with Gasteiger partial charge >= 0.3 is 0 Å². The second kappa shape index (κ2) is 4.50. The Morgan fingerprint density at radius 2 is 2.05 bits per heavy atom. The average molecular weight is 289 g/mol. The summed E-state index contributed by atoms with van der Waals surface area (Å²) in [5, 5.41) is 11.2. The molecular formula is C13H9ClN4O2. The van der Waals surface area contributed by atoms with E-state index in [0.717, 1.165) is 0 Å². The molecule has 0 aliphatic carbocycles. The molecule has 3 aromatic rings. The number of non-ortho nitro benzene ring substituents is 1. The molecule has 3 rings (SSSR count). The molecule has 0 fully saturated rings. The van der Waals surface area contributed by atoms with Crippen molar-refractivity contribution in [2.45, 2.75) is 0 Å². The zero-order valence-corrected chi connectivity index (χ0v) is 10.9. The standard InChI is InChI=1S/C13H9ClN4O2/c14-10-5-7(15)1-3-9(10)13-16-11-4-2-8(18(19)20)6-12(11)17-13/h1-6H,15H2,(H,16,17). The van der Waals surface area contributed by atoms with Gasteiger partial charge in [0.2, 0.25) is 0 Å². The fraction of sp³-hybridized carbons (Fsp3) is 0. The molecule has 0 spiro atoms. The Balaban J connectivity index is 2.15.